The van der Waals surface area contributed by atoms with E-state index in [1.165, 1.54) is 24.3 Å². The Morgan fingerprint density at radius 3 is 2.15 bits per heavy atom. The number of nitrogens with zero attached hydrogens (tertiary/aromatic N) is 1. The third-order valence-electron chi connectivity index (χ3n) is 5.33. The van der Waals surface area contributed by atoms with Gasteiger partial charge in [0.15, 0.2) is 6.61 Å². The molecule has 0 aliphatic heterocycles. The van der Waals surface area contributed by atoms with Crippen molar-refractivity contribution in [1.29, 1.82) is 0 Å². The van der Waals surface area contributed by atoms with Gasteiger partial charge in [0, 0.05) is 9.50 Å². The molecule has 0 aliphatic rings. The molecule has 3 aromatic rings. The van der Waals surface area contributed by atoms with E-state index < -0.39 is 22.5 Å². The van der Waals surface area contributed by atoms with Gasteiger partial charge in [-0.3, -0.25) is 4.79 Å². The third-order valence-corrected chi connectivity index (χ3v) is 7.81. The summed E-state index contributed by atoms with van der Waals surface area (Å²) in [6.07, 6.45) is 2.98. The van der Waals surface area contributed by atoms with Crippen LogP contribution in [-0.2, 0) is 21.2 Å². The summed E-state index contributed by atoms with van der Waals surface area (Å²) >= 11 is 9.38. The second kappa shape index (κ2) is 11.4. The molecule has 0 saturated carbocycles. The van der Waals surface area contributed by atoms with Gasteiger partial charge in [0.2, 0.25) is 0 Å². The first-order valence-electron chi connectivity index (χ1n) is 11.0. The number of carbonyl (C=O) groups is 1. The van der Waals surface area contributed by atoms with E-state index in [2.05, 4.69) is 22.9 Å². The topological polar surface area (TPSA) is 63.7 Å². The van der Waals surface area contributed by atoms with E-state index in [0.29, 0.717) is 10.8 Å². The summed E-state index contributed by atoms with van der Waals surface area (Å²) in [5.74, 6) is -0.145. The Bertz CT molecular complexity index is 1240. The SMILES string of the molecule is CCCCc1ccc(N(C(=O)COc2c(C)cc(Br)cc2C)S(=O)(=O)c2ccc(Cl)cc2)cc1. The van der Waals surface area contributed by atoms with Crippen LogP contribution in [0, 0.1) is 13.8 Å². The summed E-state index contributed by atoms with van der Waals surface area (Å²) in [5, 5.41) is 0.404. The second-order valence-electron chi connectivity index (χ2n) is 8.04. The lowest BCUT2D eigenvalue weighted by atomic mass is 10.1. The minimum atomic E-state index is -4.19. The molecule has 0 fully saturated rings. The van der Waals surface area contributed by atoms with E-state index in [1.807, 2.05) is 38.1 Å². The number of hydrogen-bond acceptors (Lipinski definition) is 4. The van der Waals surface area contributed by atoms with Crippen molar-refractivity contribution in [2.75, 3.05) is 10.9 Å². The van der Waals surface area contributed by atoms with Crippen molar-refractivity contribution in [3.63, 3.8) is 0 Å². The molecule has 0 radical (unpaired) electrons. The summed E-state index contributed by atoms with van der Waals surface area (Å²) in [4.78, 5) is 13.3. The van der Waals surface area contributed by atoms with Crippen LogP contribution in [0.4, 0.5) is 5.69 Å². The number of hydrogen-bond donors (Lipinski definition) is 0. The molecule has 0 heterocycles. The Morgan fingerprint density at radius 2 is 1.59 bits per heavy atom. The fourth-order valence-corrected chi connectivity index (χ4v) is 5.85. The van der Waals surface area contributed by atoms with Gasteiger partial charge in [-0.2, -0.15) is 4.31 Å². The first-order chi connectivity index (χ1) is 16.1. The molecule has 5 nitrogen and oxygen atoms in total. The van der Waals surface area contributed by atoms with Crippen LogP contribution in [0.15, 0.2) is 70.0 Å². The number of unbranched alkanes of at least 4 members (excludes halogenated alkanes) is 1. The van der Waals surface area contributed by atoms with Gasteiger partial charge in [-0.1, -0.05) is 53.0 Å². The largest absolute Gasteiger partial charge is 0.483 e. The van der Waals surface area contributed by atoms with Crippen molar-refractivity contribution in [1.82, 2.24) is 0 Å². The van der Waals surface area contributed by atoms with Gasteiger partial charge in [0.25, 0.3) is 15.9 Å². The van der Waals surface area contributed by atoms with Gasteiger partial charge >= 0.3 is 0 Å². The highest BCUT2D eigenvalue weighted by atomic mass is 79.9. The van der Waals surface area contributed by atoms with Crippen molar-refractivity contribution >= 4 is 49.1 Å². The van der Waals surface area contributed by atoms with Crippen molar-refractivity contribution < 1.29 is 17.9 Å². The zero-order chi connectivity index (χ0) is 24.9. The van der Waals surface area contributed by atoms with Crippen LogP contribution in [0.25, 0.3) is 0 Å². The molecule has 34 heavy (non-hydrogen) atoms. The van der Waals surface area contributed by atoms with E-state index in [1.54, 1.807) is 12.1 Å². The van der Waals surface area contributed by atoms with Gasteiger partial charge in [-0.15, -0.1) is 0 Å². The van der Waals surface area contributed by atoms with Crippen LogP contribution in [0.3, 0.4) is 0 Å². The summed E-state index contributed by atoms with van der Waals surface area (Å²) in [6, 6.07) is 16.5. The molecule has 0 aromatic heterocycles. The van der Waals surface area contributed by atoms with Gasteiger partial charge in [-0.05, 0) is 91.9 Å². The first kappa shape index (κ1) is 26.3. The molecule has 0 N–H and O–H groups in total. The molecule has 8 heteroatoms. The molecule has 0 aliphatic carbocycles. The van der Waals surface area contributed by atoms with Gasteiger partial charge in [0.05, 0.1) is 10.6 Å². The molecule has 180 valence electrons. The number of rotatable bonds is 9. The van der Waals surface area contributed by atoms with Crippen LogP contribution >= 0.6 is 27.5 Å². The highest BCUT2D eigenvalue weighted by molar-refractivity contribution is 9.10. The molecule has 0 unspecified atom stereocenters. The van der Waals surface area contributed by atoms with Crippen LogP contribution < -0.4 is 9.04 Å². The third kappa shape index (κ3) is 6.20. The highest BCUT2D eigenvalue weighted by Crippen LogP contribution is 2.29. The van der Waals surface area contributed by atoms with E-state index in [4.69, 9.17) is 16.3 Å². The van der Waals surface area contributed by atoms with Crippen LogP contribution in [0.1, 0.15) is 36.5 Å². The smallest absolute Gasteiger partial charge is 0.278 e. The van der Waals surface area contributed by atoms with Crippen LogP contribution in [0.5, 0.6) is 5.75 Å². The Labute approximate surface area is 214 Å². The lowest BCUT2D eigenvalue weighted by molar-refractivity contribution is -0.119. The lowest BCUT2D eigenvalue weighted by Crippen LogP contribution is -2.40. The Kier molecular flexibility index (Phi) is 8.79. The van der Waals surface area contributed by atoms with Gasteiger partial charge in [-0.25, -0.2) is 8.42 Å². The molecule has 0 saturated heterocycles. The average Bonchev–Trinajstić information content (AvgIpc) is 2.78. The quantitative estimate of drug-likeness (QED) is 0.285. The predicted octanol–water partition coefficient (Wildman–Crippen LogP) is 6.86. The second-order valence-corrected chi connectivity index (χ2v) is 11.2. The van der Waals surface area contributed by atoms with Crippen molar-refractivity contribution in [3.05, 3.63) is 86.8 Å². The summed E-state index contributed by atoms with van der Waals surface area (Å²) in [7, 11) is -4.19. The number of carbonyl (C=O) groups excluding carboxylic acids is 1. The first-order valence-corrected chi connectivity index (χ1v) is 13.6. The maximum Gasteiger partial charge on any atom is 0.278 e. The summed E-state index contributed by atoms with van der Waals surface area (Å²) in [6.45, 7) is 5.42. The Hall–Kier alpha value is -2.35. The molecule has 0 atom stereocenters. The van der Waals surface area contributed by atoms with E-state index >= 15 is 0 Å². The molecule has 3 rings (SSSR count). The number of aryl methyl sites for hydroxylation is 3. The zero-order valence-electron chi connectivity index (χ0n) is 19.3. The number of anilines is 1. The van der Waals surface area contributed by atoms with Crippen molar-refractivity contribution in [3.8, 4) is 5.75 Å². The zero-order valence-corrected chi connectivity index (χ0v) is 22.5. The standard InChI is InChI=1S/C26H27BrClNO4S/c1-4-5-6-20-7-11-23(12-8-20)29(34(31,32)24-13-9-22(28)10-14-24)25(30)17-33-26-18(2)15-21(27)16-19(26)3/h7-16H,4-6,17H2,1-3H3. The van der Waals surface area contributed by atoms with Crippen LogP contribution in [0.2, 0.25) is 5.02 Å². The number of benzene rings is 3. The molecular formula is C26H27BrClNO4S. The number of amides is 1. The van der Waals surface area contributed by atoms with Crippen molar-refractivity contribution in [2.24, 2.45) is 0 Å². The van der Waals surface area contributed by atoms with Crippen LogP contribution in [-0.4, -0.2) is 20.9 Å². The number of halogens is 2. The van der Waals surface area contributed by atoms with Gasteiger partial charge in [0.1, 0.15) is 5.75 Å². The Balaban J connectivity index is 1.96. The minimum Gasteiger partial charge on any atom is -0.483 e. The molecule has 0 bridgehead atoms. The maximum atomic E-state index is 13.5. The summed E-state index contributed by atoms with van der Waals surface area (Å²) in [5.41, 5.74) is 3.02. The Morgan fingerprint density at radius 1 is 1.00 bits per heavy atom. The molecule has 0 spiro atoms. The van der Waals surface area contributed by atoms with Gasteiger partial charge < -0.3 is 4.74 Å². The maximum absolute atomic E-state index is 13.5. The van der Waals surface area contributed by atoms with E-state index in [0.717, 1.165) is 44.7 Å². The fourth-order valence-electron chi connectivity index (χ4n) is 3.63. The molecule has 1 amide bonds. The number of sulfonamides is 1. The normalized spacial score (nSPS) is 11.3. The monoisotopic (exact) mass is 563 g/mol. The average molecular weight is 565 g/mol. The summed E-state index contributed by atoms with van der Waals surface area (Å²) < 4.78 is 34.6. The molecule has 3 aromatic carbocycles. The minimum absolute atomic E-state index is 0.0312. The molecular weight excluding hydrogens is 538 g/mol. The highest BCUT2D eigenvalue weighted by Gasteiger charge is 2.31. The predicted molar refractivity (Wildman–Crippen MR) is 140 cm³/mol. The van der Waals surface area contributed by atoms with Crippen molar-refractivity contribution in [2.45, 2.75) is 44.9 Å². The lowest BCUT2D eigenvalue weighted by Gasteiger charge is -2.23. The van der Waals surface area contributed by atoms with E-state index in [-0.39, 0.29) is 10.6 Å². The fraction of sp³-hybridized carbons (Fsp3) is 0.269. The number of ether oxygens (including phenoxy) is 1. The van der Waals surface area contributed by atoms with E-state index in [9.17, 15) is 13.2 Å².